The Labute approximate surface area is 134 Å². The average molecular weight is 309 g/mol. The first kappa shape index (κ1) is 15.1. The van der Waals surface area contributed by atoms with Crippen molar-refractivity contribution < 1.29 is 9.53 Å². The minimum atomic E-state index is -0.220. The van der Waals surface area contributed by atoms with Gasteiger partial charge >= 0.3 is 0 Å². The fourth-order valence-electron chi connectivity index (χ4n) is 2.49. The Bertz CT molecular complexity index is 821. The van der Waals surface area contributed by atoms with Gasteiger partial charge in [-0.2, -0.15) is 0 Å². The molecule has 118 valence electrons. The quantitative estimate of drug-likeness (QED) is 0.776. The third-order valence-corrected chi connectivity index (χ3v) is 3.84. The van der Waals surface area contributed by atoms with Crippen molar-refractivity contribution >= 4 is 16.9 Å². The van der Waals surface area contributed by atoms with Gasteiger partial charge in [-0.3, -0.25) is 4.79 Å². The summed E-state index contributed by atoms with van der Waals surface area (Å²) in [6, 6.07) is 13.0. The molecule has 2 aromatic carbocycles. The molecule has 0 fully saturated rings. The number of H-pyrrole nitrogens is 1. The van der Waals surface area contributed by atoms with Gasteiger partial charge in [-0.05, 0) is 43.7 Å². The normalized spacial score (nSPS) is 12.1. The molecule has 3 aromatic rings. The standard InChI is InChI=1S/C18H19N3O2/c1-11-8-9-13(10-16(11)23-3)18(22)19-12(2)17-20-14-6-4-5-7-15(14)21-17/h4-10,12H,1-3H3,(H,19,22)(H,20,21)/t12-/m1/s1. The van der Waals surface area contributed by atoms with E-state index in [4.69, 9.17) is 4.74 Å². The number of imidazole rings is 1. The number of ether oxygens (including phenoxy) is 1. The van der Waals surface area contributed by atoms with E-state index < -0.39 is 0 Å². The molecule has 2 N–H and O–H groups in total. The second kappa shape index (κ2) is 6.12. The second-order valence-electron chi connectivity index (χ2n) is 5.52. The van der Waals surface area contributed by atoms with Gasteiger partial charge in [0.1, 0.15) is 11.6 Å². The van der Waals surface area contributed by atoms with Crippen LogP contribution in [-0.4, -0.2) is 23.0 Å². The molecule has 1 amide bonds. The molecule has 0 unspecified atom stereocenters. The predicted molar refractivity (Wildman–Crippen MR) is 89.7 cm³/mol. The number of aromatic nitrogens is 2. The number of aryl methyl sites for hydroxylation is 1. The molecule has 0 aliphatic carbocycles. The number of methoxy groups -OCH3 is 1. The van der Waals surface area contributed by atoms with Crippen molar-refractivity contribution in [3.63, 3.8) is 0 Å². The zero-order valence-corrected chi connectivity index (χ0v) is 13.4. The summed E-state index contributed by atoms with van der Waals surface area (Å²) in [5.74, 6) is 1.28. The third kappa shape index (κ3) is 3.04. The third-order valence-electron chi connectivity index (χ3n) is 3.84. The molecule has 0 aliphatic rings. The van der Waals surface area contributed by atoms with Crippen LogP contribution >= 0.6 is 0 Å². The number of aromatic amines is 1. The van der Waals surface area contributed by atoms with E-state index in [0.717, 1.165) is 22.4 Å². The fourth-order valence-corrected chi connectivity index (χ4v) is 2.49. The summed E-state index contributed by atoms with van der Waals surface area (Å²) in [4.78, 5) is 20.2. The number of hydrogen-bond acceptors (Lipinski definition) is 3. The largest absolute Gasteiger partial charge is 0.496 e. The number of rotatable bonds is 4. The average Bonchev–Trinajstić information content (AvgIpc) is 2.99. The van der Waals surface area contributed by atoms with Crippen molar-refractivity contribution in [2.45, 2.75) is 19.9 Å². The highest BCUT2D eigenvalue weighted by Gasteiger charge is 2.15. The molecular weight excluding hydrogens is 290 g/mol. The first-order valence-electron chi connectivity index (χ1n) is 7.48. The molecule has 0 radical (unpaired) electrons. The monoisotopic (exact) mass is 309 g/mol. The van der Waals surface area contributed by atoms with Crippen molar-refractivity contribution in [2.24, 2.45) is 0 Å². The predicted octanol–water partition coefficient (Wildman–Crippen LogP) is 3.37. The van der Waals surface area contributed by atoms with Gasteiger partial charge < -0.3 is 15.0 Å². The van der Waals surface area contributed by atoms with Crippen molar-refractivity contribution in [1.82, 2.24) is 15.3 Å². The highest BCUT2D eigenvalue weighted by molar-refractivity contribution is 5.95. The van der Waals surface area contributed by atoms with Crippen LogP contribution in [0.5, 0.6) is 5.75 Å². The maximum atomic E-state index is 12.4. The van der Waals surface area contributed by atoms with E-state index in [1.54, 1.807) is 19.2 Å². The van der Waals surface area contributed by atoms with Gasteiger partial charge in [0, 0.05) is 5.56 Å². The Hall–Kier alpha value is -2.82. The number of carbonyl (C=O) groups is 1. The molecule has 0 spiro atoms. The minimum absolute atomic E-state index is 0.156. The number of fused-ring (bicyclic) bond motifs is 1. The van der Waals surface area contributed by atoms with Crippen molar-refractivity contribution in [3.05, 3.63) is 59.4 Å². The molecule has 0 aliphatic heterocycles. The van der Waals surface area contributed by atoms with Crippen LogP contribution in [-0.2, 0) is 0 Å². The van der Waals surface area contributed by atoms with Crippen LogP contribution in [0.3, 0.4) is 0 Å². The van der Waals surface area contributed by atoms with Crippen LogP contribution in [0.2, 0.25) is 0 Å². The number of nitrogens with one attached hydrogen (secondary N) is 2. The van der Waals surface area contributed by atoms with Crippen molar-refractivity contribution in [3.8, 4) is 5.75 Å². The van der Waals surface area contributed by atoms with Crippen LogP contribution in [0, 0.1) is 6.92 Å². The molecule has 1 atom stereocenters. The fraction of sp³-hybridized carbons (Fsp3) is 0.222. The minimum Gasteiger partial charge on any atom is -0.496 e. The number of para-hydroxylation sites is 2. The first-order chi connectivity index (χ1) is 11.1. The van der Waals surface area contributed by atoms with Crippen LogP contribution in [0.1, 0.15) is 34.7 Å². The summed E-state index contributed by atoms with van der Waals surface area (Å²) in [5, 5.41) is 2.96. The van der Waals surface area contributed by atoms with Crippen LogP contribution in [0.15, 0.2) is 42.5 Å². The van der Waals surface area contributed by atoms with E-state index in [9.17, 15) is 4.79 Å². The number of nitrogens with zero attached hydrogens (tertiary/aromatic N) is 1. The Balaban J connectivity index is 1.79. The molecule has 0 bridgehead atoms. The van der Waals surface area contributed by atoms with Crippen LogP contribution in [0.4, 0.5) is 0 Å². The highest BCUT2D eigenvalue weighted by Crippen LogP contribution is 2.20. The Kier molecular flexibility index (Phi) is 4.02. The summed E-state index contributed by atoms with van der Waals surface area (Å²) in [6.07, 6.45) is 0. The lowest BCUT2D eigenvalue weighted by Crippen LogP contribution is -2.27. The van der Waals surface area contributed by atoms with Gasteiger partial charge in [0.25, 0.3) is 5.91 Å². The molecule has 0 saturated carbocycles. The molecule has 5 heteroatoms. The zero-order valence-electron chi connectivity index (χ0n) is 13.4. The lowest BCUT2D eigenvalue weighted by atomic mass is 10.1. The summed E-state index contributed by atoms with van der Waals surface area (Å²) in [5.41, 5.74) is 3.41. The maximum absolute atomic E-state index is 12.4. The number of amides is 1. The highest BCUT2D eigenvalue weighted by atomic mass is 16.5. The van der Waals surface area contributed by atoms with E-state index in [0.29, 0.717) is 11.3 Å². The smallest absolute Gasteiger partial charge is 0.251 e. The van der Waals surface area contributed by atoms with Crippen molar-refractivity contribution in [1.29, 1.82) is 0 Å². The van der Waals surface area contributed by atoms with Gasteiger partial charge in [0.2, 0.25) is 0 Å². The molecule has 1 aromatic heterocycles. The van der Waals surface area contributed by atoms with E-state index >= 15 is 0 Å². The summed E-state index contributed by atoms with van der Waals surface area (Å²) < 4.78 is 5.27. The molecule has 5 nitrogen and oxygen atoms in total. The number of hydrogen-bond donors (Lipinski definition) is 2. The molecule has 3 rings (SSSR count). The van der Waals surface area contributed by atoms with Crippen molar-refractivity contribution in [2.75, 3.05) is 7.11 Å². The lowest BCUT2D eigenvalue weighted by Gasteiger charge is -2.12. The van der Waals surface area contributed by atoms with E-state index in [1.807, 2.05) is 44.2 Å². The summed E-state index contributed by atoms with van der Waals surface area (Å²) in [6.45, 7) is 3.85. The van der Waals surface area contributed by atoms with E-state index in [-0.39, 0.29) is 11.9 Å². The van der Waals surface area contributed by atoms with Crippen LogP contribution in [0.25, 0.3) is 11.0 Å². The van der Waals surface area contributed by atoms with Gasteiger partial charge in [-0.25, -0.2) is 4.98 Å². The number of benzene rings is 2. The van der Waals surface area contributed by atoms with Gasteiger partial charge in [-0.15, -0.1) is 0 Å². The second-order valence-corrected chi connectivity index (χ2v) is 5.52. The van der Waals surface area contributed by atoms with Gasteiger partial charge in [0.05, 0.1) is 24.2 Å². The molecule has 1 heterocycles. The van der Waals surface area contributed by atoms with E-state index in [2.05, 4.69) is 15.3 Å². The zero-order chi connectivity index (χ0) is 16.4. The SMILES string of the molecule is COc1cc(C(=O)N[C@H](C)c2nc3ccccc3[nH]2)ccc1C. The molecule has 23 heavy (non-hydrogen) atoms. The molecular formula is C18H19N3O2. The summed E-state index contributed by atoms with van der Waals surface area (Å²) in [7, 11) is 1.60. The Morgan fingerprint density at radius 1 is 1.26 bits per heavy atom. The van der Waals surface area contributed by atoms with Gasteiger partial charge in [-0.1, -0.05) is 18.2 Å². The Morgan fingerprint density at radius 2 is 2.04 bits per heavy atom. The first-order valence-corrected chi connectivity index (χ1v) is 7.48. The lowest BCUT2D eigenvalue weighted by molar-refractivity contribution is 0.0938. The maximum Gasteiger partial charge on any atom is 0.251 e. The molecule has 0 saturated heterocycles. The topological polar surface area (TPSA) is 67.0 Å². The summed E-state index contributed by atoms with van der Waals surface area (Å²) >= 11 is 0. The van der Waals surface area contributed by atoms with Crippen LogP contribution < -0.4 is 10.1 Å². The number of carbonyl (C=O) groups excluding carboxylic acids is 1. The van der Waals surface area contributed by atoms with E-state index in [1.165, 1.54) is 0 Å². The van der Waals surface area contributed by atoms with Gasteiger partial charge in [0.15, 0.2) is 0 Å². The Morgan fingerprint density at radius 3 is 2.78 bits per heavy atom.